The van der Waals surface area contributed by atoms with E-state index in [1.54, 1.807) is 0 Å². The lowest BCUT2D eigenvalue weighted by molar-refractivity contribution is -0.151. The summed E-state index contributed by atoms with van der Waals surface area (Å²) in [4.78, 5) is 6.32. The van der Waals surface area contributed by atoms with Crippen molar-refractivity contribution in [2.24, 2.45) is 5.16 Å². The van der Waals surface area contributed by atoms with Crippen LogP contribution in [-0.4, -0.2) is 51.9 Å². The maximum Gasteiger partial charge on any atom is 0.262 e. The van der Waals surface area contributed by atoms with Gasteiger partial charge in [0.1, 0.15) is 11.7 Å². The Morgan fingerprint density at radius 1 is 0.688 bits per heavy atom. The van der Waals surface area contributed by atoms with E-state index in [2.05, 4.69) is 150 Å². The van der Waals surface area contributed by atoms with Crippen molar-refractivity contribution >= 4 is 43.1 Å². The van der Waals surface area contributed by atoms with Gasteiger partial charge in [0.2, 0.25) is 0 Å². The smallest absolute Gasteiger partial charge is 0.262 e. The Labute approximate surface area is 288 Å². The Morgan fingerprint density at radius 2 is 1.10 bits per heavy atom. The molecule has 1 heterocycles. The molecule has 0 fully saturated rings. The van der Waals surface area contributed by atoms with Crippen molar-refractivity contribution in [3.63, 3.8) is 0 Å². The number of oxime groups is 1. The van der Waals surface area contributed by atoms with E-state index in [4.69, 9.17) is 13.7 Å². The second kappa shape index (κ2) is 13.4. The maximum absolute atomic E-state index is 12.3. The first-order valence-corrected chi connectivity index (χ1v) is 20.9. The number of fused-ring (bicyclic) bond motifs is 1. The van der Waals surface area contributed by atoms with E-state index < -0.39 is 34.4 Å². The monoisotopic (exact) mass is 675 g/mol. The minimum Gasteiger partial charge on any atom is -0.402 e. The molecule has 0 unspecified atom stereocenters. The first-order valence-electron chi connectivity index (χ1n) is 17.1. The lowest BCUT2D eigenvalue weighted by atomic mass is 9.80. The van der Waals surface area contributed by atoms with Gasteiger partial charge in [-0.05, 0) is 37.2 Å². The van der Waals surface area contributed by atoms with Crippen LogP contribution in [0.2, 0.25) is 10.1 Å². The van der Waals surface area contributed by atoms with Gasteiger partial charge in [0, 0.05) is 6.42 Å². The van der Waals surface area contributed by atoms with Crippen LogP contribution in [0.5, 0.6) is 0 Å². The molecule has 0 amide bonds. The molecule has 0 aromatic heterocycles. The second-order valence-corrected chi connectivity index (χ2v) is 23.9. The fourth-order valence-corrected chi connectivity index (χ4v) is 17.0. The minimum atomic E-state index is -2.91. The van der Waals surface area contributed by atoms with Crippen LogP contribution < -0.4 is 20.7 Å². The largest absolute Gasteiger partial charge is 0.402 e. The molecule has 0 bridgehead atoms. The van der Waals surface area contributed by atoms with Crippen LogP contribution in [0, 0.1) is 0 Å². The molecular formula is C41H49NO4Si2. The predicted octanol–water partition coefficient (Wildman–Crippen LogP) is 6.34. The van der Waals surface area contributed by atoms with Crippen LogP contribution in [0.15, 0.2) is 139 Å². The summed E-state index contributed by atoms with van der Waals surface area (Å²) >= 11 is 0. The van der Waals surface area contributed by atoms with Crippen molar-refractivity contribution in [1.82, 2.24) is 0 Å². The zero-order chi connectivity index (χ0) is 34.0. The van der Waals surface area contributed by atoms with Crippen molar-refractivity contribution in [3.05, 3.63) is 133 Å². The minimum absolute atomic E-state index is 0.173. The standard InChI is InChI=1S/C41H49NO4Si2/c1-39(2,3)47(33-20-11-7-12-21-33,34-22-13-8-14-23-34)44-31-32-30-41(43)29-19-28-37(38(41)45-42-32)46-48(40(4,5)6,35-24-15-9-16-25-35)36-26-17-10-18-27-36/h7-28,37-38,43H,29-31H2,1-6H3/t37-,38+,41-/m1/s1. The number of hydrogen-bond acceptors (Lipinski definition) is 5. The van der Waals surface area contributed by atoms with Crippen molar-refractivity contribution in [3.8, 4) is 0 Å². The number of hydrogen-bond donors (Lipinski definition) is 1. The predicted molar refractivity (Wildman–Crippen MR) is 202 cm³/mol. The average Bonchev–Trinajstić information content (AvgIpc) is 3.07. The highest BCUT2D eigenvalue weighted by Crippen LogP contribution is 2.42. The quantitative estimate of drug-likeness (QED) is 0.166. The maximum atomic E-state index is 12.3. The van der Waals surface area contributed by atoms with E-state index in [9.17, 15) is 5.11 Å². The van der Waals surface area contributed by atoms with Crippen LogP contribution in [-0.2, 0) is 13.7 Å². The first kappa shape index (κ1) is 34.3. The molecular weight excluding hydrogens is 627 g/mol. The van der Waals surface area contributed by atoms with Crippen LogP contribution >= 0.6 is 0 Å². The van der Waals surface area contributed by atoms with Gasteiger partial charge in [-0.3, -0.25) is 0 Å². The molecule has 2 aliphatic rings. The summed E-state index contributed by atoms with van der Waals surface area (Å²) in [6, 6.07) is 42.4. The Bertz CT molecular complexity index is 1640. The second-order valence-electron chi connectivity index (χ2n) is 15.3. The van der Waals surface area contributed by atoms with E-state index >= 15 is 0 Å². The molecule has 6 rings (SSSR count). The molecule has 0 radical (unpaired) electrons. The zero-order valence-electron chi connectivity index (χ0n) is 29.1. The molecule has 5 nitrogen and oxygen atoms in total. The fraction of sp³-hybridized carbons (Fsp3) is 0.341. The molecule has 0 saturated heterocycles. The highest BCUT2D eigenvalue weighted by molar-refractivity contribution is 7.00. The van der Waals surface area contributed by atoms with Gasteiger partial charge in [0.25, 0.3) is 16.6 Å². The van der Waals surface area contributed by atoms with Gasteiger partial charge in [0.05, 0.1) is 12.3 Å². The van der Waals surface area contributed by atoms with E-state index in [0.29, 0.717) is 18.6 Å². The molecule has 1 N–H and O–H groups in total. The number of rotatable bonds is 9. The molecule has 1 aliphatic carbocycles. The normalized spacial score (nSPS) is 21.6. The third kappa shape index (κ3) is 6.19. The summed E-state index contributed by atoms with van der Waals surface area (Å²) < 4.78 is 14.6. The third-order valence-corrected chi connectivity index (χ3v) is 20.0. The van der Waals surface area contributed by atoms with Crippen molar-refractivity contribution in [1.29, 1.82) is 0 Å². The summed E-state index contributed by atoms with van der Waals surface area (Å²) in [6.45, 7) is 13.8. The highest BCUT2D eigenvalue weighted by atomic mass is 28.4. The Hall–Kier alpha value is -3.60. The number of nitrogens with zero attached hydrogens (tertiary/aromatic N) is 1. The third-order valence-electron chi connectivity index (χ3n) is 10.0. The molecule has 0 saturated carbocycles. The molecule has 250 valence electrons. The molecule has 1 aliphatic heterocycles. The van der Waals surface area contributed by atoms with Crippen molar-refractivity contribution in [2.45, 2.75) is 82.3 Å². The van der Waals surface area contributed by atoms with E-state index in [0.717, 1.165) is 0 Å². The van der Waals surface area contributed by atoms with Gasteiger partial charge in [-0.25, -0.2) is 0 Å². The Kier molecular flexibility index (Phi) is 9.55. The molecule has 4 aromatic rings. The summed E-state index contributed by atoms with van der Waals surface area (Å²) in [6.07, 6.45) is 3.78. The van der Waals surface area contributed by atoms with Crippen LogP contribution in [0.3, 0.4) is 0 Å². The number of benzene rings is 4. The highest BCUT2D eigenvalue weighted by Gasteiger charge is 2.56. The van der Waals surface area contributed by atoms with Crippen molar-refractivity contribution in [2.75, 3.05) is 6.61 Å². The molecule has 7 heteroatoms. The van der Waals surface area contributed by atoms with E-state index in [1.165, 1.54) is 20.7 Å². The van der Waals surface area contributed by atoms with Crippen LogP contribution in [0.25, 0.3) is 0 Å². The van der Waals surface area contributed by atoms with Gasteiger partial charge in [0.15, 0.2) is 6.10 Å². The molecule has 48 heavy (non-hydrogen) atoms. The lowest BCUT2D eigenvalue weighted by Crippen LogP contribution is -2.70. The zero-order valence-corrected chi connectivity index (χ0v) is 31.1. The van der Waals surface area contributed by atoms with Gasteiger partial charge in [-0.15, -0.1) is 0 Å². The SMILES string of the molecule is CC(C)(C)[Si](OCC1=NO[C@H]2[C@H](O[Si](c3ccccc3)(c3ccccc3)C(C)(C)C)C=CC[C@@]2(O)C1)(c1ccccc1)c1ccccc1. The molecule has 4 aromatic carbocycles. The Morgan fingerprint density at radius 3 is 1.52 bits per heavy atom. The van der Waals surface area contributed by atoms with E-state index in [-0.39, 0.29) is 16.7 Å². The number of aliphatic hydroxyl groups is 1. The summed E-state index contributed by atoms with van der Waals surface area (Å²) in [5.74, 6) is 0. The van der Waals surface area contributed by atoms with Gasteiger partial charge >= 0.3 is 0 Å². The first-order chi connectivity index (χ1) is 22.9. The van der Waals surface area contributed by atoms with Crippen molar-refractivity contribution < 1.29 is 18.8 Å². The van der Waals surface area contributed by atoms with Gasteiger partial charge in [-0.2, -0.15) is 0 Å². The Balaban J connectivity index is 1.33. The summed E-state index contributed by atoms with van der Waals surface area (Å²) in [5.41, 5.74) is -0.474. The summed E-state index contributed by atoms with van der Waals surface area (Å²) in [5, 5.41) is 21.4. The fourth-order valence-electron chi connectivity index (χ4n) is 7.80. The van der Waals surface area contributed by atoms with Gasteiger partial charge in [-0.1, -0.05) is 180 Å². The average molecular weight is 676 g/mol. The van der Waals surface area contributed by atoms with Crippen LogP contribution in [0.1, 0.15) is 54.4 Å². The molecule has 0 spiro atoms. The van der Waals surface area contributed by atoms with Gasteiger partial charge < -0.3 is 18.8 Å². The molecule has 3 atom stereocenters. The van der Waals surface area contributed by atoms with Crippen LogP contribution in [0.4, 0.5) is 0 Å². The van der Waals surface area contributed by atoms with E-state index in [1.807, 2.05) is 30.3 Å². The summed E-state index contributed by atoms with van der Waals surface area (Å²) in [7, 11) is -5.70. The lowest BCUT2D eigenvalue weighted by Gasteiger charge is -2.49. The topological polar surface area (TPSA) is 60.3 Å².